The van der Waals surface area contributed by atoms with Gasteiger partial charge in [-0.05, 0) is 43.7 Å². The second-order valence-electron chi connectivity index (χ2n) is 6.67. The van der Waals surface area contributed by atoms with Crippen LogP contribution in [0.15, 0.2) is 59.6 Å². The summed E-state index contributed by atoms with van der Waals surface area (Å²) in [7, 11) is 0. The van der Waals surface area contributed by atoms with Gasteiger partial charge in [-0.25, -0.2) is 4.99 Å². The van der Waals surface area contributed by atoms with Crippen LogP contribution in [0.4, 0.5) is 11.4 Å². The van der Waals surface area contributed by atoms with Gasteiger partial charge < -0.3 is 20.9 Å². The average molecular weight is 528 g/mol. The fourth-order valence-corrected chi connectivity index (χ4v) is 3.36. The monoisotopic (exact) mass is 527 g/mol. The Labute approximate surface area is 194 Å². The summed E-state index contributed by atoms with van der Waals surface area (Å²) in [6.45, 7) is 4.62. The van der Waals surface area contributed by atoms with Crippen LogP contribution in [-0.4, -0.2) is 44.1 Å². The SMILES string of the molecule is CCNC(=NCC(=O)Nc1ccccc1)NC1CCN(c2cccc(Cl)c2)C1.I. The zero-order chi connectivity index (χ0) is 19.8. The number of carbonyl (C=O) groups is 1. The van der Waals surface area contributed by atoms with E-state index >= 15 is 0 Å². The minimum absolute atomic E-state index is 0. The van der Waals surface area contributed by atoms with Gasteiger partial charge in [-0.1, -0.05) is 35.9 Å². The van der Waals surface area contributed by atoms with Gasteiger partial charge in [-0.15, -0.1) is 24.0 Å². The number of anilines is 2. The summed E-state index contributed by atoms with van der Waals surface area (Å²) < 4.78 is 0. The van der Waals surface area contributed by atoms with E-state index in [1.165, 1.54) is 0 Å². The summed E-state index contributed by atoms with van der Waals surface area (Å²) in [5, 5.41) is 10.2. The van der Waals surface area contributed by atoms with E-state index in [2.05, 4.69) is 31.9 Å². The van der Waals surface area contributed by atoms with Gasteiger partial charge in [-0.3, -0.25) is 4.79 Å². The van der Waals surface area contributed by atoms with Gasteiger partial charge >= 0.3 is 0 Å². The molecule has 3 rings (SSSR count). The third-order valence-corrected chi connectivity index (χ3v) is 4.72. The Morgan fingerprint density at radius 1 is 1.21 bits per heavy atom. The molecule has 1 aliphatic heterocycles. The molecule has 1 heterocycles. The lowest BCUT2D eigenvalue weighted by molar-refractivity contribution is -0.114. The first kappa shape index (κ1) is 23.3. The smallest absolute Gasteiger partial charge is 0.246 e. The first-order chi connectivity index (χ1) is 13.6. The number of nitrogens with one attached hydrogen (secondary N) is 3. The zero-order valence-electron chi connectivity index (χ0n) is 16.4. The maximum atomic E-state index is 12.1. The van der Waals surface area contributed by atoms with Crippen molar-refractivity contribution in [2.75, 3.05) is 36.4 Å². The second kappa shape index (κ2) is 11.9. The molecule has 0 spiro atoms. The lowest BCUT2D eigenvalue weighted by atomic mass is 10.2. The predicted molar refractivity (Wildman–Crippen MR) is 132 cm³/mol. The summed E-state index contributed by atoms with van der Waals surface area (Å²) in [4.78, 5) is 18.9. The quantitative estimate of drug-likeness (QED) is 0.304. The van der Waals surface area contributed by atoms with Crippen LogP contribution >= 0.6 is 35.6 Å². The van der Waals surface area contributed by atoms with Gasteiger partial charge in [0.2, 0.25) is 5.91 Å². The lowest BCUT2D eigenvalue weighted by Crippen LogP contribution is -2.45. The second-order valence-corrected chi connectivity index (χ2v) is 7.10. The number of nitrogens with zero attached hydrogens (tertiary/aromatic N) is 2. The van der Waals surface area contributed by atoms with Crippen LogP contribution in [0, 0.1) is 0 Å². The van der Waals surface area contributed by atoms with Crippen molar-refractivity contribution in [3.05, 3.63) is 59.6 Å². The van der Waals surface area contributed by atoms with Crippen molar-refractivity contribution in [1.29, 1.82) is 0 Å². The standard InChI is InChI=1S/C21H26ClN5O.HI/c1-2-23-21(24-14-20(28)25-17-8-4-3-5-9-17)26-18-11-12-27(15-18)19-10-6-7-16(22)13-19;/h3-10,13,18H,2,11-12,14-15H2,1H3,(H,25,28)(H2,23,24,26);1H. The molecular formula is C21H27ClIN5O. The van der Waals surface area contributed by atoms with E-state index in [0.29, 0.717) is 5.96 Å². The van der Waals surface area contributed by atoms with E-state index in [0.717, 1.165) is 42.5 Å². The number of halogens is 2. The van der Waals surface area contributed by atoms with Gasteiger partial charge in [-0.2, -0.15) is 0 Å². The Bertz CT molecular complexity index is 818. The minimum Gasteiger partial charge on any atom is -0.369 e. The molecule has 2 aromatic carbocycles. The number of para-hydroxylation sites is 1. The molecule has 1 aliphatic rings. The number of hydrogen-bond donors (Lipinski definition) is 3. The molecule has 29 heavy (non-hydrogen) atoms. The van der Waals surface area contributed by atoms with E-state index < -0.39 is 0 Å². The molecule has 0 bridgehead atoms. The highest BCUT2D eigenvalue weighted by Gasteiger charge is 2.23. The summed E-state index contributed by atoms with van der Waals surface area (Å²) in [6.07, 6.45) is 0.993. The first-order valence-electron chi connectivity index (χ1n) is 9.54. The van der Waals surface area contributed by atoms with Crippen LogP contribution in [-0.2, 0) is 4.79 Å². The van der Waals surface area contributed by atoms with Crippen molar-refractivity contribution >= 4 is 58.8 Å². The van der Waals surface area contributed by atoms with Crippen LogP contribution < -0.4 is 20.9 Å². The molecule has 1 atom stereocenters. The van der Waals surface area contributed by atoms with Crippen molar-refractivity contribution in [2.24, 2.45) is 4.99 Å². The molecule has 1 fully saturated rings. The number of carbonyl (C=O) groups excluding carboxylic acids is 1. The fraction of sp³-hybridized carbons (Fsp3) is 0.333. The zero-order valence-corrected chi connectivity index (χ0v) is 19.5. The van der Waals surface area contributed by atoms with Crippen LogP contribution in [0.3, 0.4) is 0 Å². The van der Waals surface area contributed by atoms with Crippen molar-refractivity contribution < 1.29 is 4.79 Å². The van der Waals surface area contributed by atoms with Crippen molar-refractivity contribution in [1.82, 2.24) is 10.6 Å². The number of aliphatic imine (C=N–C) groups is 1. The Morgan fingerprint density at radius 2 is 2.00 bits per heavy atom. The topological polar surface area (TPSA) is 68.8 Å². The van der Waals surface area contributed by atoms with Crippen LogP contribution in [0.5, 0.6) is 0 Å². The molecule has 6 nitrogen and oxygen atoms in total. The van der Waals surface area contributed by atoms with E-state index in [1.807, 2.05) is 55.5 Å². The highest BCUT2D eigenvalue weighted by molar-refractivity contribution is 14.0. The maximum absolute atomic E-state index is 12.1. The number of hydrogen-bond acceptors (Lipinski definition) is 3. The fourth-order valence-electron chi connectivity index (χ4n) is 3.17. The van der Waals surface area contributed by atoms with Crippen molar-refractivity contribution in [3.8, 4) is 0 Å². The highest BCUT2D eigenvalue weighted by Crippen LogP contribution is 2.23. The predicted octanol–water partition coefficient (Wildman–Crippen LogP) is 3.73. The molecule has 2 aromatic rings. The van der Waals surface area contributed by atoms with Crippen LogP contribution in [0.1, 0.15) is 13.3 Å². The Balaban J connectivity index is 0.00000300. The van der Waals surface area contributed by atoms with Gasteiger partial charge in [0, 0.05) is 42.1 Å². The molecule has 0 aromatic heterocycles. The minimum atomic E-state index is -0.143. The lowest BCUT2D eigenvalue weighted by Gasteiger charge is -2.20. The van der Waals surface area contributed by atoms with Crippen LogP contribution in [0.2, 0.25) is 5.02 Å². The molecule has 0 saturated carbocycles. The number of amides is 1. The molecule has 1 unspecified atom stereocenters. The molecule has 8 heteroatoms. The summed E-state index contributed by atoms with van der Waals surface area (Å²) >= 11 is 6.10. The molecular weight excluding hydrogens is 501 g/mol. The van der Waals surface area contributed by atoms with Crippen molar-refractivity contribution in [2.45, 2.75) is 19.4 Å². The van der Waals surface area contributed by atoms with Gasteiger partial charge in [0.25, 0.3) is 0 Å². The van der Waals surface area contributed by atoms with Gasteiger partial charge in [0.1, 0.15) is 6.54 Å². The average Bonchev–Trinajstić information content (AvgIpc) is 3.16. The van der Waals surface area contributed by atoms with Gasteiger partial charge in [0.05, 0.1) is 0 Å². The van der Waals surface area contributed by atoms with Crippen LogP contribution in [0.25, 0.3) is 0 Å². The normalized spacial score (nSPS) is 16.1. The first-order valence-corrected chi connectivity index (χ1v) is 9.92. The molecule has 156 valence electrons. The molecule has 3 N–H and O–H groups in total. The van der Waals surface area contributed by atoms with Gasteiger partial charge in [0.15, 0.2) is 5.96 Å². The third kappa shape index (κ3) is 7.40. The molecule has 0 radical (unpaired) electrons. The van der Waals surface area contributed by atoms with E-state index in [-0.39, 0.29) is 42.5 Å². The molecule has 1 saturated heterocycles. The number of guanidine groups is 1. The Kier molecular flexibility index (Phi) is 9.53. The van der Waals surface area contributed by atoms with E-state index in [4.69, 9.17) is 11.6 Å². The highest BCUT2D eigenvalue weighted by atomic mass is 127. The van der Waals surface area contributed by atoms with E-state index in [1.54, 1.807) is 0 Å². The Morgan fingerprint density at radius 3 is 2.72 bits per heavy atom. The largest absolute Gasteiger partial charge is 0.369 e. The molecule has 1 amide bonds. The number of rotatable bonds is 6. The molecule has 0 aliphatic carbocycles. The van der Waals surface area contributed by atoms with E-state index in [9.17, 15) is 4.79 Å². The number of benzene rings is 2. The summed E-state index contributed by atoms with van der Waals surface area (Å²) in [5.41, 5.74) is 1.90. The summed E-state index contributed by atoms with van der Waals surface area (Å²) in [5.74, 6) is 0.513. The Hall–Kier alpha value is -2.00. The van der Waals surface area contributed by atoms with Crippen molar-refractivity contribution in [3.63, 3.8) is 0 Å². The summed E-state index contributed by atoms with van der Waals surface area (Å²) in [6, 6.07) is 17.6. The third-order valence-electron chi connectivity index (χ3n) is 4.48. The maximum Gasteiger partial charge on any atom is 0.246 e.